The number of nitrogens with zero attached hydrogens (tertiary/aromatic N) is 1. The summed E-state index contributed by atoms with van der Waals surface area (Å²) in [6.07, 6.45) is 3.39. The fourth-order valence-electron chi connectivity index (χ4n) is 3.30. The first-order chi connectivity index (χ1) is 8.19. The summed E-state index contributed by atoms with van der Waals surface area (Å²) in [7, 11) is 0. The molecule has 0 radical (unpaired) electrons. The van der Waals surface area contributed by atoms with Crippen LogP contribution in [0.25, 0.3) is 0 Å². The van der Waals surface area contributed by atoms with E-state index in [2.05, 4.69) is 0 Å². The summed E-state index contributed by atoms with van der Waals surface area (Å²) in [6, 6.07) is 0. The van der Waals surface area contributed by atoms with Gasteiger partial charge in [-0.15, -0.1) is 0 Å². The minimum Gasteiger partial charge on any atom is -0.497 e. The van der Waals surface area contributed by atoms with Crippen LogP contribution in [0.3, 0.4) is 0 Å². The minimum absolute atomic E-state index is 0.0720. The number of esters is 1. The zero-order valence-electron chi connectivity index (χ0n) is 9.83. The summed E-state index contributed by atoms with van der Waals surface area (Å²) < 4.78 is 10.00. The first kappa shape index (κ1) is 12.2. The van der Waals surface area contributed by atoms with Crippen molar-refractivity contribution in [3.05, 3.63) is 0 Å². The van der Waals surface area contributed by atoms with Crippen LogP contribution in [0.15, 0.2) is 0 Å². The zero-order valence-corrected chi connectivity index (χ0v) is 9.83. The number of aliphatic hydroxyl groups excluding tert-OH is 1. The van der Waals surface area contributed by atoms with E-state index in [0.29, 0.717) is 12.9 Å². The first-order valence-electron chi connectivity index (χ1n) is 6.08. The van der Waals surface area contributed by atoms with Crippen molar-refractivity contribution in [1.29, 1.82) is 5.26 Å². The van der Waals surface area contributed by atoms with Gasteiger partial charge in [-0.05, 0) is 37.9 Å². The van der Waals surface area contributed by atoms with Crippen molar-refractivity contribution in [2.75, 3.05) is 6.61 Å². The van der Waals surface area contributed by atoms with Crippen molar-refractivity contribution in [2.24, 2.45) is 11.8 Å². The minimum atomic E-state index is -0.427. The van der Waals surface area contributed by atoms with Crippen LogP contribution in [0.5, 0.6) is 0 Å². The quantitative estimate of drug-likeness (QED) is 0.446. The highest BCUT2D eigenvalue weighted by molar-refractivity contribution is 6.59. The number of fused-ring (bicyclic) bond motifs is 1. The zero-order chi connectivity index (χ0) is 12.4. The Kier molecular flexibility index (Phi) is 3.58. The van der Waals surface area contributed by atoms with Crippen LogP contribution < -0.4 is 0 Å². The van der Waals surface area contributed by atoms with Crippen molar-refractivity contribution in [2.45, 2.75) is 38.0 Å². The molecule has 0 amide bonds. The Morgan fingerprint density at radius 2 is 2.29 bits per heavy atom. The van der Waals surface area contributed by atoms with E-state index in [-0.39, 0.29) is 23.9 Å². The molecule has 2 rings (SSSR count). The Labute approximate surface area is 101 Å². The van der Waals surface area contributed by atoms with Crippen molar-refractivity contribution in [3.63, 3.8) is 0 Å². The number of carbonyl (C=O) groups excluding carboxylic acids is 1. The van der Waals surface area contributed by atoms with E-state index in [1.54, 1.807) is 13.2 Å². The Morgan fingerprint density at radius 1 is 1.53 bits per heavy atom. The summed E-state index contributed by atoms with van der Waals surface area (Å²) >= 11 is 0. The summed E-state index contributed by atoms with van der Waals surface area (Å²) in [4.78, 5) is 11.9. The molecule has 2 fully saturated rings. The lowest BCUT2D eigenvalue weighted by Gasteiger charge is -2.18. The summed E-state index contributed by atoms with van der Waals surface area (Å²) in [5.74, 6) is -0.517. The maximum absolute atomic E-state index is 11.9. The predicted octanol–water partition coefficient (Wildman–Crippen LogP) is 0.810. The van der Waals surface area contributed by atoms with Gasteiger partial charge in [0, 0.05) is 0 Å². The molecule has 1 aliphatic heterocycles. The van der Waals surface area contributed by atoms with E-state index in [4.69, 9.17) is 14.7 Å². The van der Waals surface area contributed by atoms with Crippen LogP contribution >= 0.6 is 0 Å². The number of aliphatic hydroxyl groups is 1. The van der Waals surface area contributed by atoms with Gasteiger partial charge in [-0.25, -0.2) is 0 Å². The lowest BCUT2D eigenvalue weighted by molar-refractivity contribution is -0.144. The topological polar surface area (TPSA) is 79.5 Å². The van der Waals surface area contributed by atoms with Crippen molar-refractivity contribution < 1.29 is 19.3 Å². The fourth-order valence-corrected chi connectivity index (χ4v) is 3.30. The second kappa shape index (κ2) is 4.97. The molecule has 2 aliphatic rings. The Hall–Kier alpha value is -1.22. The van der Waals surface area contributed by atoms with E-state index in [0.717, 1.165) is 12.8 Å². The maximum atomic E-state index is 11.9. The third-order valence-electron chi connectivity index (χ3n) is 3.97. The molecule has 0 aromatic carbocycles. The van der Waals surface area contributed by atoms with Crippen LogP contribution in [0.4, 0.5) is 0 Å². The second-order valence-corrected chi connectivity index (χ2v) is 4.73. The molecule has 1 saturated carbocycles. The number of hydrogen-bond acceptors (Lipinski definition) is 5. The molecule has 2 unspecified atom stereocenters. The first-order valence-corrected chi connectivity index (χ1v) is 6.08. The van der Waals surface area contributed by atoms with Crippen molar-refractivity contribution >= 4 is 12.9 Å². The van der Waals surface area contributed by atoms with Gasteiger partial charge < -0.3 is 14.5 Å². The maximum Gasteiger partial charge on any atom is 0.388 e. The number of ether oxygens (including phenoxy) is 1. The van der Waals surface area contributed by atoms with Gasteiger partial charge in [0.1, 0.15) is 0 Å². The smallest absolute Gasteiger partial charge is 0.388 e. The molecule has 5 nitrogen and oxygen atoms in total. The summed E-state index contributed by atoms with van der Waals surface area (Å²) in [6.45, 7) is 1.66. The van der Waals surface area contributed by atoms with Crippen molar-refractivity contribution in [1.82, 2.24) is 0 Å². The molecule has 0 bridgehead atoms. The number of hydrogen-bond donors (Lipinski definition) is 1. The summed E-state index contributed by atoms with van der Waals surface area (Å²) in [5, 5.41) is 18.4. The average Bonchev–Trinajstić information content (AvgIpc) is 2.80. The summed E-state index contributed by atoms with van der Waals surface area (Å²) in [5.41, 5.74) is 0. The van der Waals surface area contributed by atoms with Gasteiger partial charge >= 0.3 is 12.9 Å². The Morgan fingerprint density at radius 3 is 2.94 bits per heavy atom. The number of nitriles is 1. The van der Waals surface area contributed by atoms with E-state index in [1.807, 2.05) is 0 Å². The molecular formula is C11H16BNO4. The van der Waals surface area contributed by atoms with E-state index in [1.165, 1.54) is 0 Å². The van der Waals surface area contributed by atoms with E-state index < -0.39 is 12.7 Å². The fraction of sp³-hybridized carbons (Fsp3) is 0.818. The molecule has 0 aromatic heterocycles. The van der Waals surface area contributed by atoms with Crippen LogP contribution in [0, 0.1) is 23.4 Å². The average molecular weight is 237 g/mol. The monoisotopic (exact) mass is 237 g/mol. The normalized spacial score (nSPS) is 35.2. The van der Waals surface area contributed by atoms with Gasteiger partial charge in [0.25, 0.3) is 6.26 Å². The lowest BCUT2D eigenvalue weighted by atomic mass is 9.56. The van der Waals surface area contributed by atoms with E-state index >= 15 is 0 Å². The number of carbonyl (C=O) groups is 1. The highest BCUT2D eigenvalue weighted by Crippen LogP contribution is 2.51. The van der Waals surface area contributed by atoms with Crippen LogP contribution in [0.1, 0.15) is 19.8 Å². The van der Waals surface area contributed by atoms with Crippen LogP contribution in [-0.4, -0.2) is 30.7 Å². The molecule has 0 aromatic rings. The lowest BCUT2D eigenvalue weighted by Crippen LogP contribution is -2.29. The molecule has 1 heterocycles. The van der Waals surface area contributed by atoms with Crippen molar-refractivity contribution in [3.8, 4) is 6.26 Å². The van der Waals surface area contributed by atoms with Gasteiger partial charge in [0.2, 0.25) is 0 Å². The van der Waals surface area contributed by atoms with Crippen LogP contribution in [-0.2, 0) is 14.2 Å². The highest BCUT2D eigenvalue weighted by atomic mass is 16.5. The van der Waals surface area contributed by atoms with Gasteiger partial charge in [-0.3, -0.25) is 4.79 Å². The van der Waals surface area contributed by atoms with Gasteiger partial charge in [-0.1, -0.05) is 0 Å². The molecule has 1 saturated heterocycles. The molecule has 0 spiro atoms. The molecule has 92 valence electrons. The third-order valence-corrected chi connectivity index (χ3v) is 3.97. The van der Waals surface area contributed by atoms with E-state index in [9.17, 15) is 9.90 Å². The van der Waals surface area contributed by atoms with Gasteiger partial charge in [0.15, 0.2) is 0 Å². The van der Waals surface area contributed by atoms with Gasteiger partial charge in [0.05, 0.1) is 18.5 Å². The molecule has 1 N–H and O–H groups in total. The molecule has 4 atom stereocenters. The molecule has 1 aliphatic carbocycles. The largest absolute Gasteiger partial charge is 0.497 e. The molecule has 17 heavy (non-hydrogen) atoms. The Balaban J connectivity index is 2.13. The molecular weight excluding hydrogens is 221 g/mol. The SMILES string of the molecule is CCOC(=O)C1B(OC#N)C[C@@H]2C(O)CC[C@H]12. The third kappa shape index (κ3) is 2.12. The highest BCUT2D eigenvalue weighted by Gasteiger charge is 2.57. The second-order valence-electron chi connectivity index (χ2n) is 4.73. The van der Waals surface area contributed by atoms with Crippen LogP contribution in [0.2, 0.25) is 12.1 Å². The Bertz CT molecular complexity index is 343. The number of rotatable bonds is 3. The predicted molar refractivity (Wildman–Crippen MR) is 59.9 cm³/mol. The van der Waals surface area contributed by atoms with Gasteiger partial charge in [-0.2, -0.15) is 5.26 Å². The molecule has 6 heteroatoms. The standard InChI is InChI=1S/C11H16BNO4/c1-2-16-11(15)10-7-3-4-9(14)8(7)5-12(10)17-6-13/h7-10,14H,2-5H2,1H3/t7-,8-,9?,10?/m0/s1.